The Bertz CT molecular complexity index is 387. The van der Waals surface area contributed by atoms with E-state index >= 15 is 0 Å². The number of halogens is 1. The summed E-state index contributed by atoms with van der Waals surface area (Å²) in [4.78, 5) is 15.7. The van der Waals surface area contributed by atoms with Crippen molar-refractivity contribution in [1.29, 1.82) is 0 Å². The maximum absolute atomic E-state index is 11.7. The number of amides is 1. The fraction of sp³-hybridized carbons (Fsp3) is 0.333. The van der Waals surface area contributed by atoms with Crippen molar-refractivity contribution in [3.63, 3.8) is 0 Å². The molecule has 0 saturated carbocycles. The van der Waals surface area contributed by atoms with Gasteiger partial charge in [0.2, 0.25) is 0 Å². The second-order valence-corrected chi connectivity index (χ2v) is 3.85. The highest BCUT2D eigenvalue weighted by molar-refractivity contribution is 6.29. The molecule has 4 nitrogen and oxygen atoms in total. The second-order valence-electron chi connectivity index (χ2n) is 3.47. The second kappa shape index (κ2) is 6.91. The molecule has 0 fully saturated rings. The normalized spacial score (nSPS) is 9.76. The number of carbonyl (C=O) groups excluding carboxylic acids is 1. The Morgan fingerprint density at radius 1 is 1.65 bits per heavy atom. The lowest BCUT2D eigenvalue weighted by Crippen LogP contribution is -2.25. The lowest BCUT2D eigenvalue weighted by Gasteiger charge is -2.06. The number of carbonyl (C=O) groups is 1. The van der Waals surface area contributed by atoms with Crippen LogP contribution in [-0.4, -0.2) is 24.0 Å². The highest BCUT2D eigenvalue weighted by atomic mass is 35.5. The number of pyridine rings is 1. The summed E-state index contributed by atoms with van der Waals surface area (Å²) in [5.74, 6) is -0.156. The summed E-state index contributed by atoms with van der Waals surface area (Å²) in [7, 11) is 0. The molecule has 5 heteroatoms. The number of aryl methyl sites for hydroxylation is 1. The summed E-state index contributed by atoms with van der Waals surface area (Å²) in [6, 6.07) is 3.24. The SMILES string of the molecule is C=COCCCNC(=O)c1cc(C)nc(Cl)c1. The summed E-state index contributed by atoms with van der Waals surface area (Å²) < 4.78 is 4.94. The minimum atomic E-state index is -0.156. The van der Waals surface area contributed by atoms with Crippen LogP contribution >= 0.6 is 11.6 Å². The third-order valence-electron chi connectivity index (χ3n) is 2.03. The van der Waals surface area contributed by atoms with E-state index in [1.807, 2.05) is 0 Å². The van der Waals surface area contributed by atoms with Gasteiger partial charge in [-0.2, -0.15) is 0 Å². The quantitative estimate of drug-likeness (QED) is 0.482. The van der Waals surface area contributed by atoms with E-state index in [4.69, 9.17) is 16.3 Å². The monoisotopic (exact) mass is 254 g/mol. The average Bonchev–Trinajstić information content (AvgIpc) is 2.27. The van der Waals surface area contributed by atoms with Crippen molar-refractivity contribution in [1.82, 2.24) is 10.3 Å². The average molecular weight is 255 g/mol. The van der Waals surface area contributed by atoms with Gasteiger partial charge in [-0.15, -0.1) is 0 Å². The van der Waals surface area contributed by atoms with E-state index in [9.17, 15) is 4.79 Å². The first-order valence-corrected chi connectivity index (χ1v) is 5.66. The Balaban J connectivity index is 2.44. The van der Waals surface area contributed by atoms with E-state index in [1.165, 1.54) is 6.26 Å². The zero-order valence-electron chi connectivity index (χ0n) is 9.70. The molecule has 92 valence electrons. The van der Waals surface area contributed by atoms with Crippen molar-refractivity contribution in [3.05, 3.63) is 41.4 Å². The van der Waals surface area contributed by atoms with E-state index in [0.29, 0.717) is 23.9 Å². The van der Waals surface area contributed by atoms with Crippen molar-refractivity contribution in [2.75, 3.05) is 13.2 Å². The molecule has 0 aliphatic rings. The molecule has 0 unspecified atom stereocenters. The first kappa shape index (κ1) is 13.5. The number of rotatable bonds is 6. The van der Waals surface area contributed by atoms with Crippen LogP contribution in [0, 0.1) is 6.92 Å². The van der Waals surface area contributed by atoms with Crippen LogP contribution in [0.2, 0.25) is 5.15 Å². The predicted octanol–water partition coefficient (Wildman–Crippen LogP) is 2.32. The van der Waals surface area contributed by atoms with Crippen LogP contribution in [0.1, 0.15) is 22.5 Å². The minimum absolute atomic E-state index is 0.156. The van der Waals surface area contributed by atoms with Crippen molar-refractivity contribution >= 4 is 17.5 Å². The first-order chi connectivity index (χ1) is 8.13. The zero-order chi connectivity index (χ0) is 12.7. The molecule has 17 heavy (non-hydrogen) atoms. The Labute approximate surface area is 106 Å². The van der Waals surface area contributed by atoms with Crippen molar-refractivity contribution < 1.29 is 9.53 Å². The largest absolute Gasteiger partial charge is 0.502 e. The van der Waals surface area contributed by atoms with E-state index in [2.05, 4.69) is 16.9 Å². The zero-order valence-corrected chi connectivity index (χ0v) is 10.5. The van der Waals surface area contributed by atoms with Crippen molar-refractivity contribution in [3.8, 4) is 0 Å². The van der Waals surface area contributed by atoms with Crippen LogP contribution in [0.4, 0.5) is 0 Å². The van der Waals surface area contributed by atoms with Crippen LogP contribution in [0.3, 0.4) is 0 Å². The fourth-order valence-corrected chi connectivity index (χ4v) is 1.55. The van der Waals surface area contributed by atoms with Crippen LogP contribution in [0.5, 0.6) is 0 Å². The predicted molar refractivity (Wildman–Crippen MR) is 67.1 cm³/mol. The molecule has 0 atom stereocenters. The molecule has 1 heterocycles. The molecule has 1 aromatic heterocycles. The number of ether oxygens (including phenoxy) is 1. The Morgan fingerprint density at radius 2 is 2.41 bits per heavy atom. The molecule has 0 saturated heterocycles. The molecule has 0 aromatic carbocycles. The van der Waals surface area contributed by atoms with Gasteiger partial charge in [0.25, 0.3) is 5.91 Å². The summed E-state index contributed by atoms with van der Waals surface area (Å²) in [5, 5.41) is 3.10. The minimum Gasteiger partial charge on any atom is -0.502 e. The molecule has 0 radical (unpaired) electrons. The molecule has 1 N–H and O–H groups in total. The number of nitrogens with zero attached hydrogens (tertiary/aromatic N) is 1. The van der Waals surface area contributed by atoms with Gasteiger partial charge in [0.15, 0.2) is 0 Å². The Morgan fingerprint density at radius 3 is 3.06 bits per heavy atom. The molecular formula is C12H15ClN2O2. The summed E-state index contributed by atoms with van der Waals surface area (Å²) in [6.07, 6.45) is 2.11. The first-order valence-electron chi connectivity index (χ1n) is 5.28. The number of aromatic nitrogens is 1. The molecule has 0 aliphatic heterocycles. The van der Waals surface area contributed by atoms with Crippen molar-refractivity contribution in [2.45, 2.75) is 13.3 Å². The summed E-state index contributed by atoms with van der Waals surface area (Å²) in [5.41, 5.74) is 1.24. The molecule has 1 aromatic rings. The highest BCUT2D eigenvalue weighted by Gasteiger charge is 2.06. The highest BCUT2D eigenvalue weighted by Crippen LogP contribution is 2.10. The van der Waals surface area contributed by atoms with E-state index < -0.39 is 0 Å². The molecule has 0 spiro atoms. The van der Waals surface area contributed by atoms with Gasteiger partial charge in [0, 0.05) is 17.8 Å². The van der Waals surface area contributed by atoms with Gasteiger partial charge in [-0.3, -0.25) is 4.79 Å². The number of hydrogen-bond acceptors (Lipinski definition) is 3. The van der Waals surface area contributed by atoms with Gasteiger partial charge in [-0.1, -0.05) is 18.2 Å². The van der Waals surface area contributed by atoms with E-state index in [-0.39, 0.29) is 5.91 Å². The summed E-state index contributed by atoms with van der Waals surface area (Å²) in [6.45, 7) is 6.31. The summed E-state index contributed by atoms with van der Waals surface area (Å²) >= 11 is 5.77. The number of nitrogens with one attached hydrogen (secondary N) is 1. The van der Waals surface area contributed by atoms with Crippen LogP contribution in [0.25, 0.3) is 0 Å². The Hall–Kier alpha value is -1.55. The van der Waals surface area contributed by atoms with Gasteiger partial charge >= 0.3 is 0 Å². The molecule has 0 aliphatic carbocycles. The third-order valence-corrected chi connectivity index (χ3v) is 2.22. The maximum atomic E-state index is 11.7. The molecule has 1 rings (SSSR count). The molecule has 1 amide bonds. The lowest BCUT2D eigenvalue weighted by molar-refractivity contribution is 0.0950. The lowest BCUT2D eigenvalue weighted by atomic mass is 10.2. The van der Waals surface area contributed by atoms with Crippen LogP contribution in [-0.2, 0) is 4.74 Å². The van der Waals surface area contributed by atoms with Crippen LogP contribution < -0.4 is 5.32 Å². The molecule has 0 bridgehead atoms. The third kappa shape index (κ3) is 4.87. The fourth-order valence-electron chi connectivity index (χ4n) is 1.30. The van der Waals surface area contributed by atoms with Gasteiger partial charge in [-0.25, -0.2) is 4.98 Å². The maximum Gasteiger partial charge on any atom is 0.251 e. The van der Waals surface area contributed by atoms with Gasteiger partial charge in [0.1, 0.15) is 5.15 Å². The standard InChI is InChI=1S/C12H15ClN2O2/c1-3-17-6-4-5-14-12(16)10-7-9(2)15-11(13)8-10/h3,7-8H,1,4-6H2,2H3,(H,14,16). The topological polar surface area (TPSA) is 51.2 Å². The Kier molecular flexibility index (Phi) is 5.49. The number of hydrogen-bond donors (Lipinski definition) is 1. The van der Waals surface area contributed by atoms with Crippen LogP contribution in [0.15, 0.2) is 25.0 Å². The van der Waals surface area contributed by atoms with Gasteiger partial charge in [-0.05, 0) is 25.5 Å². The van der Waals surface area contributed by atoms with Gasteiger partial charge in [0.05, 0.1) is 12.9 Å². The van der Waals surface area contributed by atoms with Gasteiger partial charge < -0.3 is 10.1 Å². The molecular weight excluding hydrogens is 240 g/mol. The van der Waals surface area contributed by atoms with Crippen molar-refractivity contribution in [2.24, 2.45) is 0 Å². The van der Waals surface area contributed by atoms with E-state index in [1.54, 1.807) is 19.1 Å². The van der Waals surface area contributed by atoms with E-state index in [0.717, 1.165) is 12.1 Å². The smallest absolute Gasteiger partial charge is 0.251 e.